The van der Waals surface area contributed by atoms with Crippen LogP contribution in [0.3, 0.4) is 0 Å². The van der Waals surface area contributed by atoms with E-state index in [2.05, 4.69) is 10.6 Å². The number of esters is 1. The predicted molar refractivity (Wildman–Crippen MR) is 104 cm³/mol. The molecule has 0 unspecified atom stereocenters. The first kappa shape index (κ1) is 20.3. The minimum absolute atomic E-state index is 0.00393. The first-order valence-electron chi connectivity index (χ1n) is 8.66. The van der Waals surface area contributed by atoms with Crippen molar-refractivity contribution in [3.63, 3.8) is 0 Å². The molecule has 0 atom stereocenters. The summed E-state index contributed by atoms with van der Waals surface area (Å²) < 4.78 is 5.01. The summed E-state index contributed by atoms with van der Waals surface area (Å²) in [5, 5.41) is 15.9. The highest BCUT2D eigenvalue weighted by molar-refractivity contribution is 6.34. The van der Waals surface area contributed by atoms with Crippen molar-refractivity contribution >= 4 is 40.8 Å². The molecule has 1 fully saturated rings. The summed E-state index contributed by atoms with van der Waals surface area (Å²) in [7, 11) is 0. The smallest absolute Gasteiger partial charge is 0.340 e. The summed E-state index contributed by atoms with van der Waals surface area (Å²) in [5.41, 5.74) is -0.0399. The number of rotatable bonds is 7. The van der Waals surface area contributed by atoms with E-state index < -0.39 is 23.4 Å². The fraction of sp³-hybridized carbons (Fsp3) is 0.211. The molecule has 1 aliphatic carbocycles. The van der Waals surface area contributed by atoms with Crippen molar-refractivity contribution in [1.29, 1.82) is 0 Å². The third-order valence-corrected chi connectivity index (χ3v) is 4.39. The number of nitrogens with zero attached hydrogens (tertiary/aromatic N) is 1. The molecule has 0 aliphatic heterocycles. The summed E-state index contributed by atoms with van der Waals surface area (Å²) in [6.07, 6.45) is 1.83. The first-order chi connectivity index (χ1) is 13.8. The van der Waals surface area contributed by atoms with Crippen LogP contribution in [-0.4, -0.2) is 35.4 Å². The number of carbonyl (C=O) groups excluding carboxylic acids is 3. The third kappa shape index (κ3) is 5.29. The Morgan fingerprint density at radius 1 is 1.14 bits per heavy atom. The summed E-state index contributed by atoms with van der Waals surface area (Å²) in [5.74, 6) is -1.82. The summed E-state index contributed by atoms with van der Waals surface area (Å²) in [4.78, 5) is 46.7. The van der Waals surface area contributed by atoms with Crippen LogP contribution in [0, 0.1) is 10.1 Å². The Bertz CT molecular complexity index is 990. The van der Waals surface area contributed by atoms with E-state index in [0.29, 0.717) is 0 Å². The lowest BCUT2D eigenvalue weighted by Gasteiger charge is -2.11. The number of nitro groups is 1. The van der Waals surface area contributed by atoms with E-state index in [4.69, 9.17) is 16.3 Å². The molecule has 0 bridgehead atoms. The number of hydrogen-bond acceptors (Lipinski definition) is 6. The zero-order valence-electron chi connectivity index (χ0n) is 15.0. The molecule has 2 amide bonds. The van der Waals surface area contributed by atoms with Gasteiger partial charge in [0.2, 0.25) is 0 Å². The van der Waals surface area contributed by atoms with Gasteiger partial charge >= 0.3 is 5.97 Å². The van der Waals surface area contributed by atoms with Crippen molar-refractivity contribution < 1.29 is 24.0 Å². The SMILES string of the molecule is O=C(COC(=O)c1ccccc1NC(=O)c1ccc([N+](=O)[O-])cc1Cl)NC1CC1. The van der Waals surface area contributed by atoms with Gasteiger partial charge in [0.05, 0.1) is 26.8 Å². The highest BCUT2D eigenvalue weighted by Gasteiger charge is 2.24. The Morgan fingerprint density at radius 3 is 2.52 bits per heavy atom. The summed E-state index contributed by atoms with van der Waals surface area (Å²) in [6, 6.07) is 9.69. The van der Waals surface area contributed by atoms with Crippen LogP contribution in [-0.2, 0) is 9.53 Å². The Morgan fingerprint density at radius 2 is 1.86 bits per heavy atom. The number of amides is 2. The number of para-hydroxylation sites is 1. The molecule has 9 nitrogen and oxygen atoms in total. The quantitative estimate of drug-likeness (QED) is 0.405. The minimum atomic E-state index is -0.776. The van der Waals surface area contributed by atoms with E-state index in [0.717, 1.165) is 25.0 Å². The summed E-state index contributed by atoms with van der Waals surface area (Å²) >= 11 is 5.97. The lowest BCUT2D eigenvalue weighted by molar-refractivity contribution is -0.384. The zero-order valence-corrected chi connectivity index (χ0v) is 15.8. The Balaban J connectivity index is 1.69. The van der Waals surface area contributed by atoms with Crippen molar-refractivity contribution in [2.45, 2.75) is 18.9 Å². The highest BCUT2D eigenvalue weighted by Crippen LogP contribution is 2.24. The largest absolute Gasteiger partial charge is 0.452 e. The maximum Gasteiger partial charge on any atom is 0.340 e. The van der Waals surface area contributed by atoms with Gasteiger partial charge in [-0.05, 0) is 31.0 Å². The van der Waals surface area contributed by atoms with E-state index in [-0.39, 0.29) is 39.5 Å². The molecule has 1 aliphatic rings. The van der Waals surface area contributed by atoms with Crippen LogP contribution in [0.25, 0.3) is 0 Å². The maximum atomic E-state index is 12.5. The van der Waals surface area contributed by atoms with Crippen LogP contribution in [0.1, 0.15) is 33.6 Å². The second-order valence-corrected chi connectivity index (χ2v) is 6.75. The molecule has 2 aromatic rings. The maximum absolute atomic E-state index is 12.5. The first-order valence-corrected chi connectivity index (χ1v) is 9.03. The molecule has 3 rings (SSSR count). The van der Waals surface area contributed by atoms with Gasteiger partial charge in [0.25, 0.3) is 17.5 Å². The number of anilines is 1. The van der Waals surface area contributed by atoms with E-state index in [1.165, 1.54) is 18.2 Å². The molecular formula is C19H16ClN3O6. The number of ether oxygens (including phenoxy) is 1. The van der Waals surface area contributed by atoms with Crippen molar-refractivity contribution in [3.05, 3.63) is 68.7 Å². The van der Waals surface area contributed by atoms with Crippen molar-refractivity contribution in [2.24, 2.45) is 0 Å². The minimum Gasteiger partial charge on any atom is -0.452 e. The zero-order chi connectivity index (χ0) is 21.0. The van der Waals surface area contributed by atoms with Gasteiger partial charge in [0, 0.05) is 18.2 Å². The Kier molecular flexibility index (Phi) is 6.08. The number of carbonyl (C=O) groups is 3. The number of halogens is 1. The van der Waals surface area contributed by atoms with Crippen LogP contribution in [0.15, 0.2) is 42.5 Å². The molecule has 0 aromatic heterocycles. The second kappa shape index (κ2) is 8.70. The lowest BCUT2D eigenvalue weighted by Crippen LogP contribution is -2.30. The lowest BCUT2D eigenvalue weighted by atomic mass is 10.1. The summed E-state index contributed by atoms with van der Waals surface area (Å²) in [6.45, 7) is -0.425. The van der Waals surface area contributed by atoms with Crippen LogP contribution < -0.4 is 10.6 Å². The van der Waals surface area contributed by atoms with E-state index in [1.807, 2.05) is 0 Å². The average Bonchev–Trinajstić information content (AvgIpc) is 3.50. The van der Waals surface area contributed by atoms with Crippen LogP contribution in [0.2, 0.25) is 5.02 Å². The fourth-order valence-electron chi connectivity index (χ4n) is 2.47. The molecule has 0 saturated heterocycles. The van der Waals surface area contributed by atoms with Gasteiger partial charge in [0.15, 0.2) is 6.61 Å². The molecule has 2 aromatic carbocycles. The van der Waals surface area contributed by atoms with Gasteiger partial charge < -0.3 is 15.4 Å². The average molecular weight is 418 g/mol. The van der Waals surface area contributed by atoms with Crippen LogP contribution >= 0.6 is 11.6 Å². The number of nitro benzene ring substituents is 1. The van der Waals surface area contributed by atoms with Gasteiger partial charge in [-0.1, -0.05) is 23.7 Å². The van der Waals surface area contributed by atoms with Gasteiger partial charge in [-0.25, -0.2) is 4.79 Å². The fourth-order valence-corrected chi connectivity index (χ4v) is 2.73. The predicted octanol–water partition coefficient (Wildman–Crippen LogP) is 2.94. The topological polar surface area (TPSA) is 128 Å². The van der Waals surface area contributed by atoms with E-state index in [9.17, 15) is 24.5 Å². The number of nitrogens with one attached hydrogen (secondary N) is 2. The number of non-ortho nitro benzene ring substituents is 1. The van der Waals surface area contributed by atoms with Crippen molar-refractivity contribution in [3.8, 4) is 0 Å². The monoisotopic (exact) mass is 417 g/mol. The molecule has 10 heteroatoms. The second-order valence-electron chi connectivity index (χ2n) is 6.34. The Hall–Kier alpha value is -3.46. The molecular weight excluding hydrogens is 402 g/mol. The number of benzene rings is 2. The molecule has 0 spiro atoms. The molecule has 150 valence electrons. The van der Waals surface area contributed by atoms with Gasteiger partial charge in [-0.15, -0.1) is 0 Å². The standard InChI is InChI=1S/C19H16ClN3O6/c20-15-9-12(23(27)28)7-8-13(15)18(25)22-16-4-2-1-3-14(16)19(26)29-10-17(24)21-11-5-6-11/h1-4,7-9,11H,5-6,10H2,(H,21,24)(H,22,25). The van der Waals surface area contributed by atoms with Crippen LogP contribution in [0.5, 0.6) is 0 Å². The van der Waals surface area contributed by atoms with Crippen LogP contribution in [0.4, 0.5) is 11.4 Å². The van der Waals surface area contributed by atoms with E-state index >= 15 is 0 Å². The molecule has 2 N–H and O–H groups in total. The van der Waals surface area contributed by atoms with Gasteiger partial charge in [-0.2, -0.15) is 0 Å². The number of hydrogen-bond donors (Lipinski definition) is 2. The molecule has 29 heavy (non-hydrogen) atoms. The Labute approximate surface area is 170 Å². The third-order valence-electron chi connectivity index (χ3n) is 4.08. The molecule has 0 heterocycles. The van der Waals surface area contributed by atoms with E-state index in [1.54, 1.807) is 12.1 Å². The normalized spacial score (nSPS) is 12.7. The van der Waals surface area contributed by atoms with Crippen molar-refractivity contribution in [2.75, 3.05) is 11.9 Å². The van der Waals surface area contributed by atoms with Crippen molar-refractivity contribution in [1.82, 2.24) is 5.32 Å². The molecule has 0 radical (unpaired) electrons. The van der Waals surface area contributed by atoms with Gasteiger partial charge in [0.1, 0.15) is 0 Å². The van der Waals surface area contributed by atoms with Gasteiger partial charge in [-0.3, -0.25) is 19.7 Å². The molecule has 1 saturated carbocycles. The highest BCUT2D eigenvalue weighted by atomic mass is 35.5.